The van der Waals surface area contributed by atoms with Gasteiger partial charge in [0, 0.05) is 6.04 Å². The number of hydrogen-bond donors (Lipinski definition) is 0. The predicted molar refractivity (Wildman–Crippen MR) is 58.5 cm³/mol. The monoisotopic (exact) mass is 209 g/mol. The molecule has 0 N–H and O–H groups in total. The quantitative estimate of drug-likeness (QED) is 0.512. The first kappa shape index (κ1) is 10.7. The van der Waals surface area contributed by atoms with Crippen molar-refractivity contribution in [3.05, 3.63) is 12.2 Å². The zero-order chi connectivity index (χ0) is 10.7. The molecule has 3 heteroatoms. The molecule has 1 fully saturated rings. The molecule has 1 heterocycles. The molecular formula is C12H19NO2. The molecular weight excluding hydrogens is 190 g/mol. The summed E-state index contributed by atoms with van der Waals surface area (Å²) >= 11 is 0. The van der Waals surface area contributed by atoms with E-state index in [0.717, 1.165) is 19.4 Å². The smallest absolute Gasteiger partial charge is 0.323 e. The van der Waals surface area contributed by atoms with Gasteiger partial charge in [-0.3, -0.25) is 9.69 Å². The van der Waals surface area contributed by atoms with E-state index in [1.807, 2.05) is 0 Å². The minimum Gasteiger partial charge on any atom is -0.468 e. The number of rotatable bonds is 2. The Morgan fingerprint density at radius 1 is 1.40 bits per heavy atom. The van der Waals surface area contributed by atoms with Crippen LogP contribution >= 0.6 is 0 Å². The van der Waals surface area contributed by atoms with Crippen LogP contribution in [-0.4, -0.2) is 36.6 Å². The number of carbonyl (C=O) groups is 1. The van der Waals surface area contributed by atoms with E-state index in [1.165, 1.54) is 26.4 Å². The van der Waals surface area contributed by atoms with Crippen LogP contribution in [0.25, 0.3) is 0 Å². The summed E-state index contributed by atoms with van der Waals surface area (Å²) in [5.41, 5.74) is 0. The summed E-state index contributed by atoms with van der Waals surface area (Å²) < 4.78 is 4.85. The standard InChI is InChI=1S/C12H19NO2/c1-15-12(14)11-8-5-9-13(11)10-6-3-2-4-7-10/h3,6,10-11H,2,4-5,7-9H2,1H3/t10-,11+/m1/s1. The van der Waals surface area contributed by atoms with Gasteiger partial charge in [0.25, 0.3) is 0 Å². The van der Waals surface area contributed by atoms with Gasteiger partial charge in [-0.05, 0) is 38.6 Å². The molecule has 2 aliphatic rings. The molecule has 0 unspecified atom stereocenters. The first-order valence-corrected chi connectivity index (χ1v) is 5.83. The fourth-order valence-corrected chi connectivity index (χ4v) is 2.65. The van der Waals surface area contributed by atoms with E-state index >= 15 is 0 Å². The molecule has 1 saturated heterocycles. The van der Waals surface area contributed by atoms with E-state index in [0.29, 0.717) is 6.04 Å². The molecule has 0 bridgehead atoms. The summed E-state index contributed by atoms with van der Waals surface area (Å²) in [5, 5.41) is 0. The lowest BCUT2D eigenvalue weighted by atomic mass is 10.0. The summed E-state index contributed by atoms with van der Waals surface area (Å²) in [6, 6.07) is 0.466. The van der Waals surface area contributed by atoms with Gasteiger partial charge in [0.05, 0.1) is 7.11 Å². The topological polar surface area (TPSA) is 29.5 Å². The van der Waals surface area contributed by atoms with Gasteiger partial charge in [0.15, 0.2) is 0 Å². The second kappa shape index (κ2) is 4.79. The van der Waals surface area contributed by atoms with Gasteiger partial charge in [-0.2, -0.15) is 0 Å². The zero-order valence-electron chi connectivity index (χ0n) is 9.32. The van der Waals surface area contributed by atoms with Gasteiger partial charge in [-0.1, -0.05) is 12.2 Å². The van der Waals surface area contributed by atoms with Gasteiger partial charge in [-0.15, -0.1) is 0 Å². The van der Waals surface area contributed by atoms with Crippen LogP contribution in [0, 0.1) is 0 Å². The van der Waals surface area contributed by atoms with Crippen LogP contribution in [-0.2, 0) is 9.53 Å². The minimum absolute atomic E-state index is 0.00255. The zero-order valence-corrected chi connectivity index (χ0v) is 9.32. The van der Waals surface area contributed by atoms with Gasteiger partial charge >= 0.3 is 5.97 Å². The molecule has 0 aromatic carbocycles. The molecule has 0 saturated carbocycles. The van der Waals surface area contributed by atoms with E-state index in [4.69, 9.17) is 4.74 Å². The Kier molecular flexibility index (Phi) is 3.41. The maximum absolute atomic E-state index is 11.6. The molecule has 0 spiro atoms. The summed E-state index contributed by atoms with van der Waals surface area (Å²) in [6.45, 7) is 1.04. The highest BCUT2D eigenvalue weighted by atomic mass is 16.5. The molecule has 0 radical (unpaired) electrons. The number of hydrogen-bond acceptors (Lipinski definition) is 3. The van der Waals surface area contributed by atoms with Crippen molar-refractivity contribution in [2.45, 2.75) is 44.2 Å². The molecule has 84 valence electrons. The Balaban J connectivity index is 2.03. The van der Waals surface area contributed by atoms with Gasteiger partial charge in [0.1, 0.15) is 6.04 Å². The lowest BCUT2D eigenvalue weighted by Gasteiger charge is -2.31. The Morgan fingerprint density at radius 2 is 2.27 bits per heavy atom. The van der Waals surface area contributed by atoms with E-state index in [9.17, 15) is 4.79 Å². The maximum Gasteiger partial charge on any atom is 0.323 e. The molecule has 3 nitrogen and oxygen atoms in total. The number of carbonyl (C=O) groups excluding carboxylic acids is 1. The van der Waals surface area contributed by atoms with Gasteiger partial charge < -0.3 is 4.74 Å². The third-order valence-corrected chi connectivity index (χ3v) is 3.42. The van der Waals surface area contributed by atoms with E-state index < -0.39 is 0 Å². The maximum atomic E-state index is 11.6. The molecule has 2 rings (SSSR count). The summed E-state index contributed by atoms with van der Waals surface area (Å²) in [6.07, 6.45) is 10.2. The Hall–Kier alpha value is -0.830. The lowest BCUT2D eigenvalue weighted by Crippen LogP contribution is -2.43. The van der Waals surface area contributed by atoms with Crippen molar-refractivity contribution in [2.24, 2.45) is 0 Å². The number of nitrogens with zero attached hydrogens (tertiary/aromatic N) is 1. The van der Waals surface area contributed by atoms with Crippen LogP contribution in [0.1, 0.15) is 32.1 Å². The molecule has 1 aliphatic carbocycles. The summed E-state index contributed by atoms with van der Waals surface area (Å²) in [5.74, 6) is -0.0635. The highest BCUT2D eigenvalue weighted by Crippen LogP contribution is 2.26. The number of esters is 1. The van der Waals surface area contributed by atoms with Crippen molar-refractivity contribution in [1.82, 2.24) is 4.90 Å². The second-order valence-electron chi connectivity index (χ2n) is 4.35. The van der Waals surface area contributed by atoms with E-state index in [1.54, 1.807) is 0 Å². The third kappa shape index (κ3) is 2.23. The van der Waals surface area contributed by atoms with Gasteiger partial charge in [-0.25, -0.2) is 0 Å². The van der Waals surface area contributed by atoms with Crippen molar-refractivity contribution in [3.63, 3.8) is 0 Å². The predicted octanol–water partition coefficient (Wildman–Crippen LogP) is 1.73. The van der Waals surface area contributed by atoms with Crippen LogP contribution in [0.4, 0.5) is 0 Å². The van der Waals surface area contributed by atoms with Crippen LogP contribution in [0.5, 0.6) is 0 Å². The van der Waals surface area contributed by atoms with E-state index in [-0.39, 0.29) is 12.0 Å². The Morgan fingerprint density at radius 3 is 2.93 bits per heavy atom. The molecule has 0 amide bonds. The Bertz CT molecular complexity index is 262. The van der Waals surface area contributed by atoms with Crippen molar-refractivity contribution in [2.75, 3.05) is 13.7 Å². The molecule has 2 atom stereocenters. The highest BCUT2D eigenvalue weighted by Gasteiger charge is 2.35. The van der Waals surface area contributed by atoms with Crippen LogP contribution < -0.4 is 0 Å². The molecule has 0 aromatic heterocycles. The summed E-state index contributed by atoms with van der Waals surface area (Å²) in [4.78, 5) is 13.9. The van der Waals surface area contributed by atoms with Crippen LogP contribution in [0.2, 0.25) is 0 Å². The first-order valence-electron chi connectivity index (χ1n) is 5.83. The fraction of sp³-hybridized carbons (Fsp3) is 0.750. The molecule has 0 aromatic rings. The van der Waals surface area contributed by atoms with Crippen molar-refractivity contribution in [1.29, 1.82) is 0 Å². The number of allylic oxidation sites excluding steroid dienone is 1. The number of methoxy groups -OCH3 is 1. The third-order valence-electron chi connectivity index (χ3n) is 3.42. The average Bonchev–Trinajstić information content (AvgIpc) is 2.78. The SMILES string of the molecule is COC(=O)[C@@H]1CCCN1[C@@H]1C=CCCC1. The second-order valence-corrected chi connectivity index (χ2v) is 4.35. The largest absolute Gasteiger partial charge is 0.468 e. The number of ether oxygens (including phenoxy) is 1. The van der Waals surface area contributed by atoms with Crippen LogP contribution in [0.15, 0.2) is 12.2 Å². The normalized spacial score (nSPS) is 31.8. The average molecular weight is 209 g/mol. The first-order chi connectivity index (χ1) is 7.33. The highest BCUT2D eigenvalue weighted by molar-refractivity contribution is 5.76. The van der Waals surface area contributed by atoms with Crippen molar-refractivity contribution in [3.8, 4) is 0 Å². The minimum atomic E-state index is -0.0635. The van der Waals surface area contributed by atoms with Gasteiger partial charge in [0.2, 0.25) is 0 Å². The fourth-order valence-electron chi connectivity index (χ4n) is 2.65. The van der Waals surface area contributed by atoms with Crippen molar-refractivity contribution >= 4 is 5.97 Å². The Labute approximate surface area is 91.1 Å². The molecule has 15 heavy (non-hydrogen) atoms. The summed E-state index contributed by atoms with van der Waals surface area (Å²) in [7, 11) is 1.48. The van der Waals surface area contributed by atoms with E-state index in [2.05, 4.69) is 17.1 Å². The lowest BCUT2D eigenvalue weighted by molar-refractivity contribution is -0.146. The number of likely N-dealkylation sites (tertiary alicyclic amines) is 1. The molecule has 1 aliphatic heterocycles. The van der Waals surface area contributed by atoms with Crippen LogP contribution in [0.3, 0.4) is 0 Å². The van der Waals surface area contributed by atoms with Crippen molar-refractivity contribution < 1.29 is 9.53 Å².